The number of anilines is 2. The number of carbonyl (C=O) groups is 1. The first-order chi connectivity index (χ1) is 18.3. The van der Waals surface area contributed by atoms with Crippen molar-refractivity contribution in [1.82, 2.24) is 14.9 Å². The summed E-state index contributed by atoms with van der Waals surface area (Å²) in [7, 11) is 1.88. The molecule has 1 aliphatic rings. The van der Waals surface area contributed by atoms with Gasteiger partial charge in [-0.05, 0) is 48.9 Å². The number of para-hydroxylation sites is 1. The highest BCUT2D eigenvalue weighted by Gasteiger charge is 2.22. The molecule has 1 saturated heterocycles. The smallest absolute Gasteiger partial charge is 0.253 e. The molecule has 1 fully saturated rings. The van der Waals surface area contributed by atoms with Crippen molar-refractivity contribution in [2.75, 3.05) is 43.4 Å². The Morgan fingerprint density at radius 1 is 1.08 bits per heavy atom. The molecule has 1 aliphatic heterocycles. The first-order valence-electron chi connectivity index (χ1n) is 12.8. The minimum Gasteiger partial charge on any atom is -0.388 e. The van der Waals surface area contributed by atoms with Gasteiger partial charge in [0.05, 0.1) is 16.5 Å². The van der Waals surface area contributed by atoms with Crippen LogP contribution in [0.15, 0.2) is 67.0 Å². The molecule has 0 spiro atoms. The molecule has 0 radical (unpaired) electrons. The van der Waals surface area contributed by atoms with Crippen LogP contribution in [-0.4, -0.2) is 54.0 Å². The number of nitrogens with one attached hydrogen (secondary N) is 2. The number of benzene rings is 2. The van der Waals surface area contributed by atoms with E-state index in [-0.39, 0.29) is 11.7 Å². The summed E-state index contributed by atoms with van der Waals surface area (Å²) in [6.45, 7) is 16.1. The second kappa shape index (κ2) is 14.9. The van der Waals surface area contributed by atoms with Crippen molar-refractivity contribution in [3.05, 3.63) is 94.7 Å². The van der Waals surface area contributed by atoms with Gasteiger partial charge >= 0.3 is 0 Å². The molecule has 1 amide bonds. The zero-order chi connectivity index (χ0) is 28.1. The Balaban J connectivity index is 0.000000773. The zero-order valence-electron chi connectivity index (χ0n) is 23.0. The van der Waals surface area contributed by atoms with Crippen LogP contribution in [0.4, 0.5) is 11.4 Å². The highest BCUT2D eigenvalue weighted by atomic mass is 16.2. The van der Waals surface area contributed by atoms with Crippen molar-refractivity contribution in [1.29, 1.82) is 0 Å². The van der Waals surface area contributed by atoms with E-state index in [0.29, 0.717) is 18.7 Å². The van der Waals surface area contributed by atoms with Gasteiger partial charge in [-0.15, -0.1) is 0 Å². The highest BCUT2D eigenvalue weighted by molar-refractivity contribution is 5.96. The molecule has 1 aromatic heterocycles. The van der Waals surface area contributed by atoms with E-state index in [9.17, 15) is 4.79 Å². The van der Waals surface area contributed by atoms with E-state index in [1.807, 2.05) is 87.3 Å². The molecule has 0 bridgehead atoms. The summed E-state index contributed by atoms with van der Waals surface area (Å²) in [5.74, 6) is 1.08. The molecule has 8 heteroatoms. The SMILES string of the molecule is C=C(N)N.C=c1[nH]c(C)n/c1=C\C=C\c1cc(C(=O)N2CCN(c3ccccc3)CC2)ccc1NC.CC. The molecule has 38 heavy (non-hydrogen) atoms. The van der Waals surface area contributed by atoms with Crippen molar-refractivity contribution in [3.8, 4) is 0 Å². The van der Waals surface area contributed by atoms with Crippen LogP contribution in [0, 0.1) is 6.92 Å². The van der Waals surface area contributed by atoms with Crippen molar-refractivity contribution in [3.63, 3.8) is 0 Å². The molecular weight excluding hydrogens is 474 g/mol. The van der Waals surface area contributed by atoms with Gasteiger partial charge in [0.15, 0.2) is 0 Å². The number of H-pyrrole nitrogens is 1. The Morgan fingerprint density at radius 3 is 2.26 bits per heavy atom. The molecule has 0 saturated carbocycles. The minimum atomic E-state index is 0.0713. The molecule has 202 valence electrons. The lowest BCUT2D eigenvalue weighted by molar-refractivity contribution is 0.0747. The first kappa shape index (κ1) is 29.8. The topological polar surface area (TPSA) is 116 Å². The van der Waals surface area contributed by atoms with E-state index in [1.54, 1.807) is 0 Å². The average Bonchev–Trinajstić information content (AvgIpc) is 3.26. The maximum absolute atomic E-state index is 13.2. The van der Waals surface area contributed by atoms with Crippen molar-refractivity contribution in [2.24, 2.45) is 11.5 Å². The number of nitrogens with two attached hydrogens (primary N) is 2. The molecular formula is C30H41N7O. The molecule has 0 unspecified atom stereocenters. The van der Waals surface area contributed by atoms with Crippen molar-refractivity contribution < 1.29 is 4.79 Å². The fourth-order valence-electron chi connectivity index (χ4n) is 3.99. The number of nitrogens with zero attached hydrogens (tertiary/aromatic N) is 3. The maximum atomic E-state index is 13.2. The molecule has 4 rings (SSSR count). The normalized spacial score (nSPS) is 13.3. The number of imidazole rings is 1. The summed E-state index contributed by atoms with van der Waals surface area (Å²) in [5, 5.41) is 4.80. The predicted octanol–water partition coefficient (Wildman–Crippen LogP) is 3.03. The second-order valence-electron chi connectivity index (χ2n) is 8.45. The molecule has 0 atom stereocenters. The van der Waals surface area contributed by atoms with Gasteiger partial charge in [0, 0.05) is 50.2 Å². The predicted molar refractivity (Wildman–Crippen MR) is 161 cm³/mol. The lowest BCUT2D eigenvalue weighted by Crippen LogP contribution is -2.48. The lowest BCUT2D eigenvalue weighted by atomic mass is 10.1. The summed E-state index contributed by atoms with van der Waals surface area (Å²) in [6, 6.07) is 16.2. The van der Waals surface area contributed by atoms with Gasteiger partial charge in [0.2, 0.25) is 0 Å². The van der Waals surface area contributed by atoms with Gasteiger partial charge in [-0.2, -0.15) is 0 Å². The van der Waals surface area contributed by atoms with Crippen LogP contribution in [-0.2, 0) is 0 Å². The van der Waals surface area contributed by atoms with Crippen LogP contribution < -0.4 is 32.4 Å². The number of aromatic nitrogens is 2. The van der Waals surface area contributed by atoms with Crippen LogP contribution in [0.5, 0.6) is 0 Å². The fourth-order valence-corrected chi connectivity index (χ4v) is 3.99. The maximum Gasteiger partial charge on any atom is 0.253 e. The van der Waals surface area contributed by atoms with Gasteiger partial charge in [0.1, 0.15) is 5.82 Å². The first-order valence-corrected chi connectivity index (χ1v) is 12.8. The Hall–Kier alpha value is -4.46. The number of amides is 1. The third-order valence-electron chi connectivity index (χ3n) is 5.72. The molecule has 8 nitrogen and oxygen atoms in total. The van der Waals surface area contributed by atoms with Gasteiger partial charge in [-0.3, -0.25) is 4.79 Å². The van der Waals surface area contributed by atoms with Crippen molar-refractivity contribution in [2.45, 2.75) is 20.8 Å². The molecule has 6 N–H and O–H groups in total. The summed E-state index contributed by atoms with van der Waals surface area (Å²) in [6.07, 6.45) is 5.84. The number of piperazine rings is 1. The van der Waals surface area contributed by atoms with Gasteiger partial charge in [0.25, 0.3) is 5.91 Å². The second-order valence-corrected chi connectivity index (χ2v) is 8.45. The van der Waals surface area contributed by atoms with Crippen LogP contribution >= 0.6 is 0 Å². The number of aryl methyl sites for hydroxylation is 1. The van der Waals surface area contributed by atoms with E-state index in [1.165, 1.54) is 5.69 Å². The Kier molecular flexibility index (Phi) is 11.7. The monoisotopic (exact) mass is 515 g/mol. The molecule has 2 heterocycles. The third kappa shape index (κ3) is 8.58. The summed E-state index contributed by atoms with van der Waals surface area (Å²) >= 11 is 0. The van der Waals surface area contributed by atoms with Crippen LogP contribution in [0.1, 0.15) is 35.6 Å². The van der Waals surface area contributed by atoms with Crippen LogP contribution in [0.3, 0.4) is 0 Å². The van der Waals surface area contributed by atoms with E-state index in [0.717, 1.165) is 40.9 Å². The standard InChI is InChI=1S/C26H29N5O.C2H6N2.C2H6/c1-19-24(29-20(2)28-19)11-7-8-21-18-22(12-13-25(21)27-3)26(32)31-16-14-30(15-17-31)23-9-5-4-6-10-23;1-2(3)4;1-2/h4-13,18,27H,1,14-17H2,2-3H3,(H,28,29);1,3-4H2;1-2H3/b8-7+,24-11-;;. The fraction of sp³-hybridized carbons (Fsp3) is 0.267. The molecule has 2 aromatic carbocycles. The number of hydrogen-bond donors (Lipinski definition) is 4. The minimum absolute atomic E-state index is 0.0713. The van der Waals surface area contributed by atoms with Gasteiger partial charge in [-0.25, -0.2) is 4.98 Å². The molecule has 3 aromatic rings. The number of rotatable bonds is 5. The number of allylic oxidation sites excluding steroid dienone is 1. The zero-order valence-corrected chi connectivity index (χ0v) is 23.0. The highest BCUT2D eigenvalue weighted by Crippen LogP contribution is 2.21. The van der Waals surface area contributed by atoms with Gasteiger partial charge in [-0.1, -0.05) is 57.4 Å². The number of hydrogen-bond acceptors (Lipinski definition) is 6. The van der Waals surface area contributed by atoms with Crippen LogP contribution in [0.2, 0.25) is 0 Å². The Morgan fingerprint density at radius 2 is 1.71 bits per heavy atom. The summed E-state index contributed by atoms with van der Waals surface area (Å²) < 4.78 is 0. The summed E-state index contributed by atoms with van der Waals surface area (Å²) in [5.41, 5.74) is 13.2. The van der Waals surface area contributed by atoms with E-state index >= 15 is 0 Å². The average molecular weight is 516 g/mol. The number of aromatic amines is 1. The largest absolute Gasteiger partial charge is 0.388 e. The third-order valence-corrected chi connectivity index (χ3v) is 5.72. The lowest BCUT2D eigenvalue weighted by Gasteiger charge is -2.36. The Labute approximate surface area is 226 Å². The van der Waals surface area contributed by atoms with E-state index in [2.05, 4.69) is 45.5 Å². The van der Waals surface area contributed by atoms with Gasteiger partial charge < -0.3 is 31.6 Å². The van der Waals surface area contributed by atoms with Crippen LogP contribution in [0.25, 0.3) is 18.7 Å². The Bertz CT molecular complexity index is 1320. The number of carbonyl (C=O) groups excluding carboxylic acids is 1. The van der Waals surface area contributed by atoms with Crippen molar-refractivity contribution >= 4 is 36.0 Å². The van der Waals surface area contributed by atoms with E-state index in [4.69, 9.17) is 11.5 Å². The summed E-state index contributed by atoms with van der Waals surface area (Å²) in [4.78, 5) is 24.9. The van der Waals surface area contributed by atoms with E-state index < -0.39 is 0 Å². The quantitative estimate of drug-likeness (QED) is 0.415. The molecule has 0 aliphatic carbocycles.